The van der Waals surface area contributed by atoms with E-state index in [4.69, 9.17) is 5.73 Å². The van der Waals surface area contributed by atoms with Gasteiger partial charge in [-0.2, -0.15) is 0 Å². The van der Waals surface area contributed by atoms with Crippen molar-refractivity contribution in [2.45, 2.75) is 32.1 Å². The van der Waals surface area contributed by atoms with Gasteiger partial charge >= 0.3 is 0 Å². The molecule has 0 aromatic heterocycles. The van der Waals surface area contributed by atoms with Crippen LogP contribution in [0.5, 0.6) is 0 Å². The minimum absolute atomic E-state index is 0.0864. The number of nitrogens with two attached hydrogens (primary N) is 1. The number of rotatable bonds is 3. The number of nitrogens with one attached hydrogen (secondary N) is 1. The lowest BCUT2D eigenvalue weighted by molar-refractivity contribution is 0.491. The van der Waals surface area contributed by atoms with Crippen LogP contribution in [0.25, 0.3) is 0 Å². The third kappa shape index (κ3) is 4.20. The molecule has 0 aliphatic carbocycles. The van der Waals surface area contributed by atoms with Gasteiger partial charge in [0.2, 0.25) is 10.0 Å². The number of nitrogen functional groups attached to an aromatic ring is 1. The molecule has 0 saturated heterocycles. The van der Waals surface area contributed by atoms with Crippen molar-refractivity contribution in [3.8, 4) is 0 Å². The molecule has 1 aromatic carbocycles. The largest absolute Gasteiger partial charge is 0.398 e. The molecule has 0 spiro atoms. The zero-order valence-electron chi connectivity index (χ0n) is 9.82. The van der Waals surface area contributed by atoms with Crippen LogP contribution in [0.3, 0.4) is 0 Å². The molecule has 1 rings (SSSR count). The molecular weight excluding hydrogens is 224 g/mol. The fourth-order valence-electron chi connectivity index (χ4n) is 1.37. The van der Waals surface area contributed by atoms with Crippen LogP contribution in [0, 0.1) is 0 Å². The molecule has 0 heterocycles. The molecule has 0 radical (unpaired) electrons. The average Bonchev–Trinajstić information content (AvgIpc) is 2.04. The maximum atomic E-state index is 11.8. The van der Waals surface area contributed by atoms with Crippen molar-refractivity contribution < 1.29 is 8.42 Å². The zero-order valence-corrected chi connectivity index (χ0v) is 10.6. The van der Waals surface area contributed by atoms with Crippen LogP contribution >= 0.6 is 0 Å². The predicted molar refractivity (Wildman–Crippen MR) is 66.4 cm³/mol. The van der Waals surface area contributed by atoms with Crippen molar-refractivity contribution in [2.24, 2.45) is 0 Å². The molecule has 5 heteroatoms. The van der Waals surface area contributed by atoms with E-state index in [1.165, 1.54) is 0 Å². The van der Waals surface area contributed by atoms with Gasteiger partial charge < -0.3 is 5.73 Å². The molecule has 0 saturated carbocycles. The standard InChI is InChI=1S/C11H18N2O2S/c1-11(2,3)13-16(14,15)8-9-6-4-5-7-10(9)12/h4-7,13H,8,12H2,1-3H3. The van der Waals surface area contributed by atoms with Crippen LogP contribution in [0.4, 0.5) is 5.69 Å². The highest BCUT2D eigenvalue weighted by atomic mass is 32.2. The molecule has 0 unspecified atom stereocenters. The fourth-order valence-corrected chi connectivity index (χ4v) is 3.05. The van der Waals surface area contributed by atoms with Gasteiger partial charge in [0.15, 0.2) is 0 Å². The van der Waals surface area contributed by atoms with Gasteiger partial charge in [-0.3, -0.25) is 0 Å². The normalized spacial score (nSPS) is 12.7. The van der Waals surface area contributed by atoms with Gasteiger partial charge in [-0.15, -0.1) is 0 Å². The summed E-state index contributed by atoms with van der Waals surface area (Å²) in [5, 5.41) is 0. The molecule has 16 heavy (non-hydrogen) atoms. The van der Waals surface area contributed by atoms with Gasteiger partial charge in [0, 0.05) is 11.2 Å². The Hall–Kier alpha value is -1.07. The van der Waals surface area contributed by atoms with E-state index >= 15 is 0 Å². The van der Waals surface area contributed by atoms with Crippen LogP contribution in [-0.2, 0) is 15.8 Å². The summed E-state index contributed by atoms with van der Waals surface area (Å²) in [5.41, 5.74) is 6.36. The first-order valence-electron chi connectivity index (χ1n) is 5.05. The highest BCUT2D eigenvalue weighted by Gasteiger charge is 2.20. The van der Waals surface area contributed by atoms with Crippen LogP contribution in [0.15, 0.2) is 24.3 Å². The first kappa shape index (κ1) is 13.0. The number of anilines is 1. The highest BCUT2D eigenvalue weighted by molar-refractivity contribution is 7.88. The fraction of sp³-hybridized carbons (Fsp3) is 0.455. The Kier molecular flexibility index (Phi) is 3.60. The van der Waals surface area contributed by atoms with Crippen LogP contribution in [0.1, 0.15) is 26.3 Å². The molecule has 4 nitrogen and oxygen atoms in total. The summed E-state index contributed by atoms with van der Waals surface area (Å²) < 4.78 is 26.2. The average molecular weight is 242 g/mol. The lowest BCUT2D eigenvalue weighted by atomic mass is 10.1. The topological polar surface area (TPSA) is 72.2 Å². The lowest BCUT2D eigenvalue weighted by Gasteiger charge is -2.20. The van der Waals surface area contributed by atoms with E-state index in [0.29, 0.717) is 11.3 Å². The quantitative estimate of drug-likeness (QED) is 0.789. The summed E-state index contributed by atoms with van der Waals surface area (Å²) in [7, 11) is -3.34. The van der Waals surface area contributed by atoms with Crippen molar-refractivity contribution in [1.29, 1.82) is 0 Å². The van der Waals surface area contributed by atoms with Gasteiger partial charge in [-0.25, -0.2) is 13.1 Å². The van der Waals surface area contributed by atoms with Crippen molar-refractivity contribution in [3.05, 3.63) is 29.8 Å². The monoisotopic (exact) mass is 242 g/mol. The van der Waals surface area contributed by atoms with E-state index in [0.717, 1.165) is 0 Å². The summed E-state index contributed by atoms with van der Waals surface area (Å²) in [6.45, 7) is 5.41. The van der Waals surface area contributed by atoms with E-state index in [9.17, 15) is 8.42 Å². The first-order valence-corrected chi connectivity index (χ1v) is 6.70. The maximum Gasteiger partial charge on any atom is 0.216 e. The first-order chi connectivity index (χ1) is 7.20. The van der Waals surface area contributed by atoms with Crippen molar-refractivity contribution in [1.82, 2.24) is 4.72 Å². The Morgan fingerprint density at radius 3 is 2.31 bits per heavy atom. The third-order valence-electron chi connectivity index (χ3n) is 1.86. The Labute approximate surface area is 96.9 Å². The number of para-hydroxylation sites is 1. The van der Waals surface area contributed by atoms with Crippen molar-refractivity contribution in [2.75, 3.05) is 5.73 Å². The SMILES string of the molecule is CC(C)(C)NS(=O)(=O)Cc1ccccc1N. The predicted octanol–water partition coefficient (Wildman–Crippen LogP) is 1.49. The molecule has 0 amide bonds. The van der Waals surface area contributed by atoms with Crippen LogP contribution in [-0.4, -0.2) is 14.0 Å². The number of hydrogen-bond donors (Lipinski definition) is 2. The number of benzene rings is 1. The van der Waals surface area contributed by atoms with E-state index in [2.05, 4.69) is 4.72 Å². The Balaban J connectivity index is 2.86. The second-order valence-corrected chi connectivity index (χ2v) is 6.53. The summed E-state index contributed by atoms with van der Waals surface area (Å²) in [5.74, 6) is -0.0864. The summed E-state index contributed by atoms with van der Waals surface area (Å²) in [6, 6.07) is 6.97. The van der Waals surface area contributed by atoms with E-state index in [-0.39, 0.29) is 5.75 Å². The van der Waals surface area contributed by atoms with Gasteiger partial charge in [-0.1, -0.05) is 18.2 Å². The summed E-state index contributed by atoms with van der Waals surface area (Å²) in [4.78, 5) is 0. The summed E-state index contributed by atoms with van der Waals surface area (Å²) >= 11 is 0. The lowest BCUT2D eigenvalue weighted by Crippen LogP contribution is -2.41. The Morgan fingerprint density at radius 1 is 1.25 bits per heavy atom. The van der Waals surface area contributed by atoms with E-state index < -0.39 is 15.6 Å². The van der Waals surface area contributed by atoms with Gasteiger partial charge in [0.1, 0.15) is 0 Å². The van der Waals surface area contributed by atoms with Crippen molar-refractivity contribution in [3.63, 3.8) is 0 Å². The number of hydrogen-bond acceptors (Lipinski definition) is 3. The van der Waals surface area contributed by atoms with Crippen molar-refractivity contribution >= 4 is 15.7 Å². The molecule has 0 bridgehead atoms. The number of sulfonamides is 1. The molecular formula is C11H18N2O2S. The second kappa shape index (κ2) is 4.43. The van der Waals surface area contributed by atoms with E-state index in [1.807, 2.05) is 0 Å². The minimum Gasteiger partial charge on any atom is -0.398 e. The Bertz CT molecular complexity index is 461. The smallest absolute Gasteiger partial charge is 0.216 e. The second-order valence-electron chi connectivity index (χ2n) is 4.81. The molecule has 90 valence electrons. The molecule has 1 aromatic rings. The summed E-state index contributed by atoms with van der Waals surface area (Å²) in [6.07, 6.45) is 0. The van der Waals surface area contributed by atoms with Gasteiger partial charge in [0.05, 0.1) is 5.75 Å². The third-order valence-corrected chi connectivity index (χ3v) is 3.48. The highest BCUT2D eigenvalue weighted by Crippen LogP contribution is 2.15. The van der Waals surface area contributed by atoms with Gasteiger partial charge in [-0.05, 0) is 32.4 Å². The van der Waals surface area contributed by atoms with Gasteiger partial charge in [0.25, 0.3) is 0 Å². The van der Waals surface area contributed by atoms with E-state index in [1.54, 1.807) is 45.0 Å². The molecule has 0 atom stereocenters. The molecule has 0 fully saturated rings. The minimum atomic E-state index is -3.34. The molecule has 0 aliphatic heterocycles. The van der Waals surface area contributed by atoms with Crippen LogP contribution < -0.4 is 10.5 Å². The molecule has 3 N–H and O–H groups in total. The maximum absolute atomic E-state index is 11.8. The molecule has 0 aliphatic rings. The van der Waals surface area contributed by atoms with Crippen LogP contribution in [0.2, 0.25) is 0 Å². The Morgan fingerprint density at radius 2 is 1.81 bits per heavy atom. The zero-order chi connectivity index (χ0) is 12.4.